The van der Waals surface area contributed by atoms with Gasteiger partial charge in [0.05, 0.1) is 0 Å². The summed E-state index contributed by atoms with van der Waals surface area (Å²) in [6.07, 6.45) is 0.668. The van der Waals surface area contributed by atoms with Crippen molar-refractivity contribution in [3.05, 3.63) is 5.89 Å². The van der Waals surface area contributed by atoms with E-state index in [-0.39, 0.29) is 12.6 Å². The van der Waals surface area contributed by atoms with Gasteiger partial charge in [-0.25, -0.2) is 0 Å². The molecule has 1 atom stereocenters. The van der Waals surface area contributed by atoms with E-state index in [9.17, 15) is 0 Å². The van der Waals surface area contributed by atoms with E-state index in [1.54, 1.807) is 6.92 Å². The van der Waals surface area contributed by atoms with Crippen molar-refractivity contribution < 1.29 is 9.52 Å². The Balaban J connectivity index is 2.41. The molecule has 68 valence electrons. The Kier molecular flexibility index (Phi) is 3.04. The van der Waals surface area contributed by atoms with Crippen LogP contribution in [0.25, 0.3) is 0 Å². The quantitative estimate of drug-likeness (QED) is 0.692. The minimum Gasteiger partial charge on any atom is -0.408 e. The highest BCUT2D eigenvalue weighted by Gasteiger charge is 2.05. The summed E-state index contributed by atoms with van der Waals surface area (Å²) in [5.74, 6) is 0.536. The van der Waals surface area contributed by atoms with Crippen LogP contribution in [0.1, 0.15) is 19.2 Å². The van der Waals surface area contributed by atoms with Gasteiger partial charge in [0, 0.05) is 19.6 Å². The zero-order valence-electron chi connectivity index (χ0n) is 7.24. The van der Waals surface area contributed by atoms with E-state index in [4.69, 9.17) is 9.52 Å². The number of nitrogens with zero attached hydrogens (tertiary/aromatic N) is 2. The van der Waals surface area contributed by atoms with Crippen molar-refractivity contribution in [3.63, 3.8) is 0 Å². The van der Waals surface area contributed by atoms with Crippen LogP contribution in [0.4, 0.5) is 6.01 Å². The number of aliphatic hydroxyl groups is 1. The molecule has 0 aliphatic carbocycles. The van der Waals surface area contributed by atoms with E-state index in [0.717, 1.165) is 0 Å². The average molecular weight is 171 g/mol. The first-order valence-electron chi connectivity index (χ1n) is 3.90. The van der Waals surface area contributed by atoms with Crippen LogP contribution in [0.15, 0.2) is 4.42 Å². The van der Waals surface area contributed by atoms with Gasteiger partial charge >= 0.3 is 6.01 Å². The minimum absolute atomic E-state index is 0.148. The van der Waals surface area contributed by atoms with Crippen molar-refractivity contribution in [2.24, 2.45) is 0 Å². The van der Waals surface area contributed by atoms with Crippen LogP contribution in [0.3, 0.4) is 0 Å². The first-order valence-corrected chi connectivity index (χ1v) is 3.90. The van der Waals surface area contributed by atoms with Crippen molar-refractivity contribution in [2.75, 3.05) is 11.9 Å². The highest BCUT2D eigenvalue weighted by molar-refractivity contribution is 5.18. The largest absolute Gasteiger partial charge is 0.408 e. The fraction of sp³-hybridized carbons (Fsp3) is 0.714. The molecular weight excluding hydrogens is 158 g/mol. The van der Waals surface area contributed by atoms with Gasteiger partial charge in [-0.15, -0.1) is 5.10 Å². The molecule has 0 bridgehead atoms. The Labute approximate surface area is 70.8 Å². The van der Waals surface area contributed by atoms with Crippen LogP contribution in [-0.2, 0) is 0 Å². The van der Waals surface area contributed by atoms with E-state index in [0.29, 0.717) is 18.3 Å². The number of aromatic nitrogens is 2. The standard InChI is InChI=1S/C7H13N3O2/c1-5(3-4-11)8-7-10-9-6(2)12-7/h5,11H,3-4H2,1-2H3,(H,8,10)/t5-/m0/s1. The average Bonchev–Trinajstić information content (AvgIpc) is 2.36. The van der Waals surface area contributed by atoms with Crippen LogP contribution in [0, 0.1) is 6.92 Å². The van der Waals surface area contributed by atoms with Crippen molar-refractivity contribution in [3.8, 4) is 0 Å². The summed E-state index contributed by atoms with van der Waals surface area (Å²) < 4.78 is 5.09. The summed E-state index contributed by atoms with van der Waals surface area (Å²) in [7, 11) is 0. The fourth-order valence-electron chi connectivity index (χ4n) is 0.831. The molecule has 5 nitrogen and oxygen atoms in total. The summed E-state index contributed by atoms with van der Waals surface area (Å²) in [5, 5.41) is 19.0. The predicted octanol–water partition coefficient (Wildman–Crippen LogP) is 0.561. The normalized spacial score (nSPS) is 12.9. The number of hydrogen-bond donors (Lipinski definition) is 2. The maximum absolute atomic E-state index is 8.61. The predicted molar refractivity (Wildman–Crippen MR) is 43.8 cm³/mol. The van der Waals surface area contributed by atoms with Gasteiger partial charge in [0.1, 0.15) is 0 Å². The molecule has 0 aliphatic rings. The molecule has 0 fully saturated rings. The second-order valence-corrected chi connectivity index (χ2v) is 2.68. The van der Waals surface area contributed by atoms with Gasteiger partial charge in [-0.2, -0.15) is 0 Å². The van der Waals surface area contributed by atoms with Gasteiger partial charge in [-0.1, -0.05) is 5.10 Å². The Morgan fingerprint density at radius 1 is 1.58 bits per heavy atom. The summed E-state index contributed by atoms with van der Waals surface area (Å²) in [6.45, 7) is 3.83. The third kappa shape index (κ3) is 2.50. The zero-order valence-corrected chi connectivity index (χ0v) is 7.24. The SMILES string of the molecule is Cc1nnc(N[C@@H](C)CCO)o1. The van der Waals surface area contributed by atoms with Crippen molar-refractivity contribution >= 4 is 6.01 Å². The molecule has 1 rings (SSSR count). The summed E-state index contributed by atoms with van der Waals surface area (Å²) in [6, 6.07) is 0.559. The van der Waals surface area contributed by atoms with Gasteiger partial charge in [0.25, 0.3) is 0 Å². The second-order valence-electron chi connectivity index (χ2n) is 2.68. The monoisotopic (exact) mass is 171 g/mol. The van der Waals surface area contributed by atoms with E-state index < -0.39 is 0 Å². The maximum atomic E-state index is 8.61. The number of hydrogen-bond acceptors (Lipinski definition) is 5. The van der Waals surface area contributed by atoms with Crippen molar-refractivity contribution in [1.29, 1.82) is 0 Å². The lowest BCUT2D eigenvalue weighted by Gasteiger charge is -2.08. The van der Waals surface area contributed by atoms with Crippen LogP contribution in [0.2, 0.25) is 0 Å². The van der Waals surface area contributed by atoms with E-state index in [1.165, 1.54) is 0 Å². The summed E-state index contributed by atoms with van der Waals surface area (Å²) in [4.78, 5) is 0. The molecule has 1 heterocycles. The van der Waals surface area contributed by atoms with Gasteiger partial charge in [0.2, 0.25) is 5.89 Å². The summed E-state index contributed by atoms with van der Waals surface area (Å²) in [5.41, 5.74) is 0. The molecule has 0 saturated heterocycles. The molecule has 12 heavy (non-hydrogen) atoms. The van der Waals surface area contributed by atoms with Gasteiger partial charge in [-0.05, 0) is 13.3 Å². The van der Waals surface area contributed by atoms with Crippen LogP contribution in [-0.4, -0.2) is 28.0 Å². The molecular formula is C7H13N3O2. The molecule has 0 spiro atoms. The Hall–Kier alpha value is -1.10. The first-order chi connectivity index (χ1) is 5.72. The van der Waals surface area contributed by atoms with Crippen LogP contribution < -0.4 is 5.32 Å². The van der Waals surface area contributed by atoms with Gasteiger partial charge in [-0.3, -0.25) is 0 Å². The summed E-state index contributed by atoms with van der Waals surface area (Å²) >= 11 is 0. The molecule has 0 unspecified atom stereocenters. The number of rotatable bonds is 4. The molecule has 2 N–H and O–H groups in total. The molecule has 0 radical (unpaired) electrons. The number of nitrogens with one attached hydrogen (secondary N) is 1. The molecule has 1 aromatic rings. The zero-order chi connectivity index (χ0) is 8.97. The second kappa shape index (κ2) is 4.06. The number of aliphatic hydroxyl groups excluding tert-OH is 1. The lowest BCUT2D eigenvalue weighted by atomic mass is 10.2. The van der Waals surface area contributed by atoms with E-state index in [1.807, 2.05) is 6.92 Å². The molecule has 0 amide bonds. The Bertz CT molecular complexity index is 236. The smallest absolute Gasteiger partial charge is 0.315 e. The molecule has 5 heteroatoms. The third-order valence-corrected chi connectivity index (χ3v) is 1.46. The third-order valence-electron chi connectivity index (χ3n) is 1.46. The highest BCUT2D eigenvalue weighted by Crippen LogP contribution is 2.06. The minimum atomic E-state index is 0.148. The number of aryl methyl sites for hydroxylation is 1. The lowest BCUT2D eigenvalue weighted by Crippen LogP contribution is -2.16. The maximum Gasteiger partial charge on any atom is 0.315 e. The molecule has 0 aliphatic heterocycles. The highest BCUT2D eigenvalue weighted by atomic mass is 16.4. The van der Waals surface area contributed by atoms with Crippen LogP contribution >= 0.6 is 0 Å². The van der Waals surface area contributed by atoms with Gasteiger partial charge in [0.15, 0.2) is 0 Å². The number of anilines is 1. The Morgan fingerprint density at radius 3 is 2.83 bits per heavy atom. The van der Waals surface area contributed by atoms with Gasteiger partial charge < -0.3 is 14.8 Å². The van der Waals surface area contributed by atoms with E-state index in [2.05, 4.69) is 15.5 Å². The lowest BCUT2D eigenvalue weighted by molar-refractivity contribution is 0.281. The van der Waals surface area contributed by atoms with Crippen LogP contribution in [0.5, 0.6) is 0 Å². The fourth-order valence-corrected chi connectivity index (χ4v) is 0.831. The van der Waals surface area contributed by atoms with Crippen molar-refractivity contribution in [1.82, 2.24) is 10.2 Å². The topological polar surface area (TPSA) is 71.2 Å². The Morgan fingerprint density at radius 2 is 2.33 bits per heavy atom. The van der Waals surface area contributed by atoms with Crippen molar-refractivity contribution in [2.45, 2.75) is 26.3 Å². The first kappa shape index (κ1) is 8.99. The molecule has 0 aromatic carbocycles. The molecule has 0 saturated carbocycles. The van der Waals surface area contributed by atoms with E-state index >= 15 is 0 Å². The molecule has 1 aromatic heterocycles.